The van der Waals surface area contributed by atoms with E-state index in [1.165, 1.54) is 6.42 Å². The van der Waals surface area contributed by atoms with Gasteiger partial charge in [0.1, 0.15) is 13.2 Å². The molecular formula is C17H24O3. The smallest absolute Gasteiger partial charge is 0.167 e. The van der Waals surface area contributed by atoms with Gasteiger partial charge in [-0.1, -0.05) is 26.0 Å². The molecule has 0 bridgehead atoms. The third-order valence-electron chi connectivity index (χ3n) is 4.58. The van der Waals surface area contributed by atoms with E-state index in [1.807, 2.05) is 18.2 Å². The second-order valence-electron chi connectivity index (χ2n) is 6.49. The van der Waals surface area contributed by atoms with Crippen LogP contribution in [0.4, 0.5) is 0 Å². The fourth-order valence-corrected chi connectivity index (χ4v) is 3.85. The Labute approximate surface area is 120 Å². The van der Waals surface area contributed by atoms with Crippen LogP contribution in [0.3, 0.4) is 0 Å². The molecule has 1 aliphatic heterocycles. The van der Waals surface area contributed by atoms with Gasteiger partial charge in [0.15, 0.2) is 11.5 Å². The van der Waals surface area contributed by atoms with Gasteiger partial charge >= 0.3 is 0 Å². The molecule has 2 aliphatic rings. The molecule has 1 saturated carbocycles. The van der Waals surface area contributed by atoms with Gasteiger partial charge in [0.2, 0.25) is 0 Å². The lowest BCUT2D eigenvalue weighted by molar-refractivity contribution is 0.0507. The van der Waals surface area contributed by atoms with Gasteiger partial charge in [-0.25, -0.2) is 0 Å². The Morgan fingerprint density at radius 3 is 2.50 bits per heavy atom. The second-order valence-corrected chi connectivity index (χ2v) is 6.49. The molecule has 1 aromatic carbocycles. The van der Waals surface area contributed by atoms with Gasteiger partial charge in [0.05, 0.1) is 6.10 Å². The minimum Gasteiger partial charge on any atom is -0.486 e. The summed E-state index contributed by atoms with van der Waals surface area (Å²) in [5.74, 6) is 3.22. The van der Waals surface area contributed by atoms with Crippen LogP contribution in [0.2, 0.25) is 0 Å². The molecule has 0 amide bonds. The Morgan fingerprint density at radius 2 is 1.75 bits per heavy atom. The van der Waals surface area contributed by atoms with E-state index in [9.17, 15) is 5.11 Å². The summed E-state index contributed by atoms with van der Waals surface area (Å²) >= 11 is 0. The SMILES string of the molecule is CC1CC(C)CC(C(O)c2cccc3c2OCCO3)C1. The molecule has 20 heavy (non-hydrogen) atoms. The van der Waals surface area contributed by atoms with E-state index in [1.54, 1.807) is 0 Å². The summed E-state index contributed by atoms with van der Waals surface area (Å²) in [7, 11) is 0. The molecule has 0 aromatic heterocycles. The fourth-order valence-electron chi connectivity index (χ4n) is 3.85. The first kappa shape index (κ1) is 13.7. The largest absolute Gasteiger partial charge is 0.486 e. The van der Waals surface area contributed by atoms with Gasteiger partial charge in [0, 0.05) is 5.56 Å². The second kappa shape index (κ2) is 5.65. The molecule has 3 heteroatoms. The topological polar surface area (TPSA) is 38.7 Å². The summed E-state index contributed by atoms with van der Waals surface area (Å²) in [6.45, 7) is 5.73. The lowest BCUT2D eigenvalue weighted by Gasteiger charge is -2.35. The predicted molar refractivity (Wildman–Crippen MR) is 78.1 cm³/mol. The van der Waals surface area contributed by atoms with Crippen molar-refractivity contribution in [3.05, 3.63) is 23.8 Å². The summed E-state index contributed by atoms with van der Waals surface area (Å²) < 4.78 is 11.3. The number of benzene rings is 1. The maximum Gasteiger partial charge on any atom is 0.167 e. The molecule has 1 aromatic rings. The van der Waals surface area contributed by atoms with Crippen LogP contribution in [0.5, 0.6) is 11.5 Å². The standard InChI is InChI=1S/C17H24O3/c1-11-8-12(2)10-13(9-11)16(18)14-4-3-5-15-17(14)20-7-6-19-15/h3-5,11-13,16,18H,6-10H2,1-2H3. The van der Waals surface area contributed by atoms with E-state index >= 15 is 0 Å². The molecule has 3 nitrogen and oxygen atoms in total. The van der Waals surface area contributed by atoms with Gasteiger partial charge < -0.3 is 14.6 Å². The van der Waals surface area contributed by atoms with E-state index in [0.29, 0.717) is 31.0 Å². The lowest BCUT2D eigenvalue weighted by Crippen LogP contribution is -2.26. The zero-order valence-electron chi connectivity index (χ0n) is 12.3. The average molecular weight is 276 g/mol. The van der Waals surface area contributed by atoms with Crippen LogP contribution in [0, 0.1) is 17.8 Å². The first-order valence-electron chi connectivity index (χ1n) is 7.71. The summed E-state index contributed by atoms with van der Waals surface area (Å²) in [5.41, 5.74) is 0.897. The third kappa shape index (κ3) is 2.64. The monoisotopic (exact) mass is 276 g/mol. The molecule has 1 fully saturated rings. The van der Waals surface area contributed by atoms with E-state index in [4.69, 9.17) is 9.47 Å². The molecule has 3 atom stereocenters. The highest BCUT2D eigenvalue weighted by atomic mass is 16.6. The van der Waals surface area contributed by atoms with Gasteiger partial charge in [-0.05, 0) is 43.1 Å². The number of fused-ring (bicyclic) bond motifs is 1. The van der Waals surface area contributed by atoms with Gasteiger partial charge in [-0.15, -0.1) is 0 Å². The zero-order valence-corrected chi connectivity index (χ0v) is 12.3. The van der Waals surface area contributed by atoms with Crippen LogP contribution in [0.25, 0.3) is 0 Å². The van der Waals surface area contributed by atoms with Crippen molar-refractivity contribution in [1.29, 1.82) is 0 Å². The molecule has 1 aliphatic carbocycles. The van der Waals surface area contributed by atoms with Crippen molar-refractivity contribution >= 4 is 0 Å². The molecular weight excluding hydrogens is 252 g/mol. The van der Waals surface area contributed by atoms with Crippen LogP contribution >= 0.6 is 0 Å². The predicted octanol–water partition coefficient (Wildman–Crippen LogP) is 3.56. The van der Waals surface area contributed by atoms with Gasteiger partial charge in [-0.2, -0.15) is 0 Å². The van der Waals surface area contributed by atoms with E-state index in [-0.39, 0.29) is 0 Å². The highest BCUT2D eigenvalue weighted by molar-refractivity contribution is 5.48. The maximum atomic E-state index is 10.8. The van der Waals surface area contributed by atoms with E-state index in [2.05, 4.69) is 13.8 Å². The van der Waals surface area contributed by atoms with Crippen molar-refractivity contribution in [1.82, 2.24) is 0 Å². The lowest BCUT2D eigenvalue weighted by atomic mass is 9.73. The molecule has 0 spiro atoms. The Kier molecular flexibility index (Phi) is 3.88. The molecule has 0 radical (unpaired) electrons. The Bertz CT molecular complexity index is 461. The number of hydrogen-bond acceptors (Lipinski definition) is 3. The number of rotatable bonds is 2. The van der Waals surface area contributed by atoms with Crippen LogP contribution in [0.15, 0.2) is 18.2 Å². The summed E-state index contributed by atoms with van der Waals surface area (Å²) in [4.78, 5) is 0. The normalized spacial score (nSPS) is 30.9. The van der Waals surface area contributed by atoms with Crippen LogP contribution in [-0.2, 0) is 0 Å². The Hall–Kier alpha value is -1.22. The van der Waals surface area contributed by atoms with Crippen LogP contribution in [-0.4, -0.2) is 18.3 Å². The highest BCUT2D eigenvalue weighted by Gasteiger charge is 2.32. The molecule has 0 saturated heterocycles. The minimum atomic E-state index is -0.447. The van der Waals surface area contributed by atoms with Crippen molar-refractivity contribution < 1.29 is 14.6 Å². The number of hydrogen-bond donors (Lipinski definition) is 1. The van der Waals surface area contributed by atoms with E-state index < -0.39 is 6.10 Å². The fraction of sp³-hybridized carbons (Fsp3) is 0.647. The molecule has 1 N–H and O–H groups in total. The Morgan fingerprint density at radius 1 is 1.05 bits per heavy atom. The van der Waals surface area contributed by atoms with Gasteiger partial charge in [0.25, 0.3) is 0 Å². The number of aliphatic hydroxyl groups is 1. The van der Waals surface area contributed by atoms with Crippen molar-refractivity contribution in [2.75, 3.05) is 13.2 Å². The number of aliphatic hydroxyl groups excluding tert-OH is 1. The first-order chi connectivity index (χ1) is 9.65. The van der Waals surface area contributed by atoms with Gasteiger partial charge in [-0.3, -0.25) is 0 Å². The Balaban J connectivity index is 1.85. The van der Waals surface area contributed by atoms with Crippen LogP contribution < -0.4 is 9.47 Å². The van der Waals surface area contributed by atoms with Crippen molar-refractivity contribution in [3.63, 3.8) is 0 Å². The average Bonchev–Trinajstić information content (AvgIpc) is 2.45. The number of ether oxygens (including phenoxy) is 2. The molecule has 3 rings (SSSR count). The summed E-state index contributed by atoms with van der Waals surface area (Å²) in [5, 5.41) is 10.8. The summed E-state index contributed by atoms with van der Waals surface area (Å²) in [6.07, 6.45) is 3.01. The molecule has 3 unspecified atom stereocenters. The maximum absolute atomic E-state index is 10.8. The van der Waals surface area contributed by atoms with Crippen molar-refractivity contribution in [2.24, 2.45) is 17.8 Å². The number of para-hydroxylation sites is 1. The van der Waals surface area contributed by atoms with Crippen molar-refractivity contribution in [3.8, 4) is 11.5 Å². The van der Waals surface area contributed by atoms with E-state index in [0.717, 1.165) is 29.9 Å². The van der Waals surface area contributed by atoms with Crippen LogP contribution in [0.1, 0.15) is 44.8 Å². The quantitative estimate of drug-likeness (QED) is 0.897. The molecule has 110 valence electrons. The highest BCUT2D eigenvalue weighted by Crippen LogP contribution is 2.44. The zero-order chi connectivity index (χ0) is 14.1. The first-order valence-corrected chi connectivity index (χ1v) is 7.71. The summed E-state index contributed by atoms with van der Waals surface area (Å²) in [6, 6.07) is 5.83. The third-order valence-corrected chi connectivity index (χ3v) is 4.58. The minimum absolute atomic E-state index is 0.325. The molecule has 1 heterocycles. The van der Waals surface area contributed by atoms with Crippen molar-refractivity contribution in [2.45, 2.75) is 39.2 Å².